The third-order valence-corrected chi connectivity index (χ3v) is 4.26. The van der Waals surface area contributed by atoms with Crippen molar-refractivity contribution in [1.29, 1.82) is 0 Å². The minimum atomic E-state index is 0.381. The van der Waals surface area contributed by atoms with E-state index < -0.39 is 0 Å². The lowest BCUT2D eigenvalue weighted by atomic mass is 10.1. The number of methoxy groups -OCH3 is 1. The summed E-state index contributed by atoms with van der Waals surface area (Å²) in [5.74, 6) is 0.977. The van der Waals surface area contributed by atoms with Gasteiger partial charge in [0.15, 0.2) is 0 Å². The van der Waals surface area contributed by atoms with Gasteiger partial charge in [-0.3, -0.25) is 0 Å². The Balaban J connectivity index is 1.72. The summed E-state index contributed by atoms with van der Waals surface area (Å²) >= 11 is 0. The Kier molecular flexibility index (Phi) is 7.04. The Morgan fingerprint density at radius 1 is 1.14 bits per heavy atom. The molecular formula is C18H29NO2. The highest BCUT2D eigenvalue weighted by atomic mass is 16.5. The molecule has 2 atom stereocenters. The maximum atomic E-state index is 5.74. The quantitative estimate of drug-likeness (QED) is 0.700. The molecule has 1 saturated carbocycles. The molecular weight excluding hydrogens is 262 g/mol. The van der Waals surface area contributed by atoms with Crippen LogP contribution in [-0.4, -0.2) is 25.9 Å². The van der Waals surface area contributed by atoms with Gasteiger partial charge in [-0.25, -0.2) is 0 Å². The van der Waals surface area contributed by atoms with Crippen LogP contribution in [0.5, 0.6) is 5.75 Å². The molecule has 0 saturated heterocycles. The Morgan fingerprint density at radius 3 is 2.67 bits per heavy atom. The third kappa shape index (κ3) is 5.33. The highest BCUT2D eigenvalue weighted by molar-refractivity contribution is 5.27. The van der Waals surface area contributed by atoms with Crippen molar-refractivity contribution in [2.45, 2.75) is 64.1 Å². The van der Waals surface area contributed by atoms with Crippen molar-refractivity contribution >= 4 is 0 Å². The summed E-state index contributed by atoms with van der Waals surface area (Å²) in [6.07, 6.45) is 7.66. The highest BCUT2D eigenvalue weighted by Gasteiger charge is 2.26. The number of hydrogen-bond donors (Lipinski definition) is 1. The van der Waals surface area contributed by atoms with Gasteiger partial charge < -0.3 is 14.8 Å². The van der Waals surface area contributed by atoms with Crippen molar-refractivity contribution < 1.29 is 9.47 Å². The summed E-state index contributed by atoms with van der Waals surface area (Å²) in [4.78, 5) is 0. The molecule has 0 aromatic heterocycles. The number of unbranched alkanes of at least 4 members (excludes halogenated alkanes) is 2. The molecule has 1 aliphatic rings. The summed E-state index contributed by atoms with van der Waals surface area (Å²) in [5, 5.41) is 3.61. The zero-order chi connectivity index (χ0) is 14.9. The van der Waals surface area contributed by atoms with Gasteiger partial charge in [0.2, 0.25) is 0 Å². The topological polar surface area (TPSA) is 30.5 Å². The molecule has 0 spiro atoms. The molecule has 1 aromatic rings. The van der Waals surface area contributed by atoms with Crippen molar-refractivity contribution in [3.63, 3.8) is 0 Å². The van der Waals surface area contributed by atoms with Crippen molar-refractivity contribution in [1.82, 2.24) is 5.32 Å². The lowest BCUT2D eigenvalue weighted by Crippen LogP contribution is -2.36. The van der Waals surface area contributed by atoms with E-state index >= 15 is 0 Å². The van der Waals surface area contributed by atoms with Crippen LogP contribution in [0.2, 0.25) is 0 Å². The molecule has 0 heterocycles. The van der Waals surface area contributed by atoms with Gasteiger partial charge in [-0.1, -0.05) is 31.9 Å². The second-order valence-corrected chi connectivity index (χ2v) is 5.89. The van der Waals surface area contributed by atoms with Crippen LogP contribution in [0.4, 0.5) is 0 Å². The van der Waals surface area contributed by atoms with E-state index in [0.29, 0.717) is 12.1 Å². The molecule has 0 radical (unpaired) electrons. The Morgan fingerprint density at radius 2 is 1.95 bits per heavy atom. The monoisotopic (exact) mass is 291 g/mol. The molecule has 1 N–H and O–H groups in total. The average molecular weight is 291 g/mol. The van der Waals surface area contributed by atoms with Crippen molar-refractivity contribution in [2.24, 2.45) is 0 Å². The van der Waals surface area contributed by atoms with Crippen LogP contribution in [0.1, 0.15) is 51.0 Å². The highest BCUT2D eigenvalue weighted by Crippen LogP contribution is 2.22. The Bertz CT molecular complexity index is 391. The standard InChI is InChI=1S/C18H29NO2/c1-3-4-5-13-21-16-11-9-15(10-12-16)14-19-17-7-6-8-18(17)20-2/h9-12,17-19H,3-8,13-14H2,1-2H3. The predicted octanol–water partition coefficient (Wildman–Crippen LogP) is 3.91. The van der Waals surface area contributed by atoms with Crippen LogP contribution >= 0.6 is 0 Å². The van der Waals surface area contributed by atoms with Crippen LogP contribution in [0, 0.1) is 0 Å². The summed E-state index contributed by atoms with van der Waals surface area (Å²) < 4.78 is 11.2. The summed E-state index contributed by atoms with van der Waals surface area (Å²) in [7, 11) is 1.81. The normalized spacial score (nSPS) is 21.6. The third-order valence-electron chi connectivity index (χ3n) is 4.26. The van der Waals surface area contributed by atoms with Gasteiger partial charge in [0.25, 0.3) is 0 Å². The first kappa shape index (κ1) is 16.3. The van der Waals surface area contributed by atoms with E-state index in [1.165, 1.54) is 37.7 Å². The Hall–Kier alpha value is -1.06. The second kappa shape index (κ2) is 9.06. The van der Waals surface area contributed by atoms with Crippen molar-refractivity contribution in [3.8, 4) is 5.75 Å². The Labute approximate surface area is 129 Å². The van der Waals surface area contributed by atoms with Gasteiger partial charge >= 0.3 is 0 Å². The lowest BCUT2D eigenvalue weighted by Gasteiger charge is -2.19. The SMILES string of the molecule is CCCCCOc1ccc(CNC2CCCC2OC)cc1. The smallest absolute Gasteiger partial charge is 0.119 e. The van der Waals surface area contributed by atoms with Crippen molar-refractivity contribution in [2.75, 3.05) is 13.7 Å². The van der Waals surface area contributed by atoms with Crippen LogP contribution in [-0.2, 0) is 11.3 Å². The fourth-order valence-corrected chi connectivity index (χ4v) is 2.94. The van der Waals surface area contributed by atoms with E-state index in [-0.39, 0.29) is 0 Å². The lowest BCUT2D eigenvalue weighted by molar-refractivity contribution is 0.0847. The number of hydrogen-bond acceptors (Lipinski definition) is 3. The van der Waals surface area contributed by atoms with Gasteiger partial charge in [-0.2, -0.15) is 0 Å². The molecule has 0 bridgehead atoms. The molecule has 2 rings (SSSR count). The number of nitrogens with one attached hydrogen (secondary N) is 1. The van der Waals surface area contributed by atoms with E-state index in [4.69, 9.17) is 9.47 Å². The van der Waals surface area contributed by atoms with Crippen LogP contribution < -0.4 is 10.1 Å². The summed E-state index contributed by atoms with van der Waals surface area (Å²) in [6.45, 7) is 3.93. The first-order chi connectivity index (χ1) is 10.3. The zero-order valence-electron chi connectivity index (χ0n) is 13.4. The van der Waals surface area contributed by atoms with Gasteiger partial charge in [0.05, 0.1) is 12.7 Å². The summed E-state index contributed by atoms with van der Waals surface area (Å²) in [5.41, 5.74) is 1.30. The van der Waals surface area contributed by atoms with E-state index in [0.717, 1.165) is 25.3 Å². The molecule has 1 aliphatic carbocycles. The predicted molar refractivity (Wildman–Crippen MR) is 86.7 cm³/mol. The first-order valence-electron chi connectivity index (χ1n) is 8.31. The molecule has 2 unspecified atom stereocenters. The average Bonchev–Trinajstić information content (AvgIpc) is 2.98. The molecule has 0 aliphatic heterocycles. The molecule has 118 valence electrons. The fourth-order valence-electron chi connectivity index (χ4n) is 2.94. The second-order valence-electron chi connectivity index (χ2n) is 5.89. The molecule has 0 amide bonds. The molecule has 3 nitrogen and oxygen atoms in total. The van der Waals surface area contributed by atoms with Crippen LogP contribution in [0.3, 0.4) is 0 Å². The van der Waals surface area contributed by atoms with Gasteiger partial charge in [-0.15, -0.1) is 0 Å². The van der Waals surface area contributed by atoms with Gasteiger partial charge in [0, 0.05) is 19.7 Å². The molecule has 1 fully saturated rings. The number of benzene rings is 1. The number of rotatable bonds is 9. The van der Waals surface area contributed by atoms with Crippen molar-refractivity contribution in [3.05, 3.63) is 29.8 Å². The van der Waals surface area contributed by atoms with Gasteiger partial charge in [-0.05, 0) is 43.4 Å². The first-order valence-corrected chi connectivity index (χ1v) is 8.31. The summed E-state index contributed by atoms with van der Waals surface area (Å²) in [6, 6.07) is 8.95. The molecule has 21 heavy (non-hydrogen) atoms. The zero-order valence-corrected chi connectivity index (χ0v) is 13.4. The molecule has 3 heteroatoms. The van der Waals surface area contributed by atoms with E-state index in [1.807, 2.05) is 7.11 Å². The largest absolute Gasteiger partial charge is 0.494 e. The van der Waals surface area contributed by atoms with E-state index in [1.54, 1.807) is 0 Å². The number of ether oxygens (including phenoxy) is 2. The van der Waals surface area contributed by atoms with Crippen LogP contribution in [0.15, 0.2) is 24.3 Å². The fraction of sp³-hybridized carbons (Fsp3) is 0.667. The van der Waals surface area contributed by atoms with E-state index in [9.17, 15) is 0 Å². The molecule has 1 aromatic carbocycles. The maximum Gasteiger partial charge on any atom is 0.119 e. The van der Waals surface area contributed by atoms with Crippen LogP contribution in [0.25, 0.3) is 0 Å². The minimum Gasteiger partial charge on any atom is -0.494 e. The van der Waals surface area contributed by atoms with E-state index in [2.05, 4.69) is 36.5 Å². The van der Waals surface area contributed by atoms with Gasteiger partial charge in [0.1, 0.15) is 5.75 Å². The maximum absolute atomic E-state index is 5.74. The minimum absolute atomic E-state index is 0.381.